The molecule has 0 fully saturated rings. The second-order valence-corrected chi connectivity index (χ2v) is 8.44. The first kappa shape index (κ1) is 17.6. The Bertz CT molecular complexity index is 922. The average molecular weight is 358 g/mol. The lowest BCUT2D eigenvalue weighted by Gasteiger charge is -2.19. The van der Waals surface area contributed by atoms with Crippen LogP contribution in [0.2, 0.25) is 0 Å². The first-order valence-corrected chi connectivity index (χ1v) is 9.66. The molecule has 0 aliphatic carbocycles. The molecule has 0 saturated carbocycles. The summed E-state index contributed by atoms with van der Waals surface area (Å²) in [6, 6.07) is 12.8. The molecule has 25 heavy (non-hydrogen) atoms. The van der Waals surface area contributed by atoms with Crippen molar-refractivity contribution < 1.29 is 13.2 Å². The van der Waals surface area contributed by atoms with E-state index in [0.717, 1.165) is 22.4 Å². The molecule has 0 atom stereocenters. The van der Waals surface area contributed by atoms with Crippen LogP contribution in [0.5, 0.6) is 0 Å². The summed E-state index contributed by atoms with van der Waals surface area (Å²) >= 11 is 0. The molecule has 6 heteroatoms. The molecule has 132 valence electrons. The normalized spacial score (nSPS) is 14.0. The highest BCUT2D eigenvalue weighted by molar-refractivity contribution is 7.89. The van der Waals surface area contributed by atoms with Gasteiger partial charge in [0.1, 0.15) is 0 Å². The van der Waals surface area contributed by atoms with Crippen molar-refractivity contribution in [3.05, 3.63) is 59.2 Å². The molecule has 0 unspecified atom stereocenters. The van der Waals surface area contributed by atoms with E-state index < -0.39 is 10.0 Å². The number of sulfonamides is 1. The van der Waals surface area contributed by atoms with Crippen LogP contribution in [0.25, 0.3) is 0 Å². The van der Waals surface area contributed by atoms with Gasteiger partial charge in [0, 0.05) is 32.7 Å². The molecule has 0 bridgehead atoms. The molecule has 5 nitrogen and oxygen atoms in total. The van der Waals surface area contributed by atoms with Gasteiger partial charge in [-0.25, -0.2) is 8.42 Å². The fourth-order valence-corrected chi connectivity index (χ4v) is 4.36. The van der Waals surface area contributed by atoms with E-state index in [-0.39, 0.29) is 10.8 Å². The van der Waals surface area contributed by atoms with Gasteiger partial charge in [0.2, 0.25) is 15.9 Å². The average Bonchev–Trinajstić information content (AvgIpc) is 3.00. The standard InChI is InChI=1S/C19H22N2O3S/c1-14-6-4-5-7-17(14)13-20(3)25(23,24)18-8-9-19-16(12-18)10-11-21(19)15(2)22/h4-9,12H,10-11,13H2,1-3H3. The number of aryl methyl sites for hydroxylation is 1. The number of rotatable bonds is 4. The van der Waals surface area contributed by atoms with E-state index in [9.17, 15) is 13.2 Å². The maximum absolute atomic E-state index is 12.9. The Balaban J connectivity index is 1.88. The van der Waals surface area contributed by atoms with Crippen LogP contribution in [0.4, 0.5) is 5.69 Å². The minimum Gasteiger partial charge on any atom is -0.312 e. The van der Waals surface area contributed by atoms with Crippen LogP contribution in [0, 0.1) is 6.92 Å². The first-order valence-electron chi connectivity index (χ1n) is 8.22. The summed E-state index contributed by atoms with van der Waals surface area (Å²) < 4.78 is 27.2. The Labute approximate surface area is 148 Å². The number of hydrogen-bond donors (Lipinski definition) is 0. The van der Waals surface area contributed by atoms with Gasteiger partial charge in [0.05, 0.1) is 4.90 Å². The fourth-order valence-electron chi connectivity index (χ4n) is 3.16. The Kier molecular flexibility index (Phi) is 4.67. The molecule has 1 heterocycles. The fraction of sp³-hybridized carbons (Fsp3) is 0.316. The zero-order chi connectivity index (χ0) is 18.2. The highest BCUT2D eigenvalue weighted by Gasteiger charge is 2.27. The van der Waals surface area contributed by atoms with Gasteiger partial charge < -0.3 is 4.90 Å². The molecule has 3 rings (SSSR count). The maximum Gasteiger partial charge on any atom is 0.243 e. The summed E-state index contributed by atoms with van der Waals surface area (Å²) in [7, 11) is -1.99. The van der Waals surface area contributed by atoms with Crippen LogP contribution in [-0.2, 0) is 27.8 Å². The van der Waals surface area contributed by atoms with Crippen LogP contribution < -0.4 is 4.90 Å². The molecule has 1 aliphatic rings. The summed E-state index contributed by atoms with van der Waals surface area (Å²) in [5.41, 5.74) is 3.77. The van der Waals surface area contributed by atoms with E-state index in [2.05, 4.69) is 0 Å². The SMILES string of the molecule is CC(=O)N1CCc2cc(S(=O)(=O)N(C)Cc3ccccc3C)ccc21. The number of carbonyl (C=O) groups is 1. The molecule has 0 saturated heterocycles. The lowest BCUT2D eigenvalue weighted by molar-refractivity contribution is -0.116. The summed E-state index contributed by atoms with van der Waals surface area (Å²) in [5.74, 6) is -0.0222. The van der Waals surface area contributed by atoms with E-state index in [1.807, 2.05) is 31.2 Å². The highest BCUT2D eigenvalue weighted by Crippen LogP contribution is 2.31. The molecule has 2 aromatic carbocycles. The monoisotopic (exact) mass is 358 g/mol. The van der Waals surface area contributed by atoms with E-state index >= 15 is 0 Å². The van der Waals surface area contributed by atoms with Crippen molar-refractivity contribution in [2.24, 2.45) is 0 Å². The van der Waals surface area contributed by atoms with Crippen molar-refractivity contribution in [3.63, 3.8) is 0 Å². The molecule has 0 N–H and O–H groups in total. The summed E-state index contributed by atoms with van der Waals surface area (Å²) in [6.45, 7) is 4.43. The zero-order valence-electron chi connectivity index (χ0n) is 14.7. The van der Waals surface area contributed by atoms with E-state index in [4.69, 9.17) is 0 Å². The van der Waals surface area contributed by atoms with Crippen molar-refractivity contribution in [3.8, 4) is 0 Å². The highest BCUT2D eigenvalue weighted by atomic mass is 32.2. The predicted octanol–water partition coefficient (Wildman–Crippen LogP) is 2.72. The zero-order valence-corrected chi connectivity index (χ0v) is 15.5. The second-order valence-electron chi connectivity index (χ2n) is 6.40. The van der Waals surface area contributed by atoms with Crippen LogP contribution in [0.1, 0.15) is 23.6 Å². The molecular formula is C19H22N2O3S. The minimum absolute atomic E-state index is 0.0222. The lowest BCUT2D eigenvalue weighted by atomic mass is 10.1. The third kappa shape index (κ3) is 3.32. The third-order valence-electron chi connectivity index (χ3n) is 4.69. The maximum atomic E-state index is 12.9. The number of nitrogens with zero attached hydrogens (tertiary/aromatic N) is 2. The second kappa shape index (κ2) is 6.61. The molecule has 0 aromatic heterocycles. The van der Waals surface area contributed by atoms with Crippen LogP contribution >= 0.6 is 0 Å². The van der Waals surface area contributed by atoms with Crippen molar-refractivity contribution >= 4 is 21.6 Å². The van der Waals surface area contributed by atoms with E-state index in [0.29, 0.717) is 19.5 Å². The van der Waals surface area contributed by atoms with Gasteiger partial charge in [-0.05, 0) is 48.2 Å². The van der Waals surface area contributed by atoms with Gasteiger partial charge in [0.15, 0.2) is 0 Å². The molecule has 0 radical (unpaired) electrons. The quantitative estimate of drug-likeness (QED) is 0.844. The molecular weight excluding hydrogens is 336 g/mol. The Morgan fingerprint density at radius 3 is 2.60 bits per heavy atom. The van der Waals surface area contributed by atoms with Crippen LogP contribution in [0.3, 0.4) is 0 Å². The van der Waals surface area contributed by atoms with Crippen LogP contribution in [0.15, 0.2) is 47.4 Å². The van der Waals surface area contributed by atoms with Crippen molar-refractivity contribution in [1.82, 2.24) is 4.31 Å². The Morgan fingerprint density at radius 2 is 1.92 bits per heavy atom. The number of hydrogen-bond acceptors (Lipinski definition) is 3. The smallest absolute Gasteiger partial charge is 0.243 e. The van der Waals surface area contributed by atoms with Gasteiger partial charge in [-0.1, -0.05) is 24.3 Å². The van der Waals surface area contributed by atoms with Gasteiger partial charge in [-0.3, -0.25) is 4.79 Å². The first-order chi connectivity index (χ1) is 11.8. The largest absolute Gasteiger partial charge is 0.312 e. The topological polar surface area (TPSA) is 57.7 Å². The van der Waals surface area contributed by atoms with Gasteiger partial charge in [-0.2, -0.15) is 4.31 Å². The number of carbonyl (C=O) groups excluding carboxylic acids is 1. The summed E-state index contributed by atoms with van der Waals surface area (Å²) in [6.07, 6.45) is 0.680. The van der Waals surface area contributed by atoms with Gasteiger partial charge in [-0.15, -0.1) is 0 Å². The minimum atomic E-state index is -3.58. The van der Waals surface area contributed by atoms with Crippen molar-refractivity contribution in [2.45, 2.75) is 31.7 Å². The number of anilines is 1. The van der Waals surface area contributed by atoms with Crippen molar-refractivity contribution in [1.29, 1.82) is 0 Å². The Morgan fingerprint density at radius 1 is 1.20 bits per heavy atom. The van der Waals surface area contributed by atoms with Gasteiger partial charge in [0.25, 0.3) is 0 Å². The predicted molar refractivity (Wildman–Crippen MR) is 98.0 cm³/mol. The van der Waals surface area contributed by atoms with Crippen LogP contribution in [-0.4, -0.2) is 32.2 Å². The molecule has 1 aliphatic heterocycles. The number of benzene rings is 2. The lowest BCUT2D eigenvalue weighted by Crippen LogP contribution is -2.27. The summed E-state index contributed by atoms with van der Waals surface area (Å²) in [4.78, 5) is 13.6. The molecule has 2 aromatic rings. The van der Waals surface area contributed by atoms with E-state index in [1.54, 1.807) is 30.1 Å². The molecule has 1 amide bonds. The van der Waals surface area contributed by atoms with Crippen molar-refractivity contribution in [2.75, 3.05) is 18.5 Å². The third-order valence-corrected chi connectivity index (χ3v) is 6.49. The summed E-state index contributed by atoms with van der Waals surface area (Å²) in [5, 5.41) is 0. The van der Waals surface area contributed by atoms with E-state index in [1.165, 1.54) is 11.2 Å². The Hall–Kier alpha value is -2.18. The number of fused-ring (bicyclic) bond motifs is 1. The van der Waals surface area contributed by atoms with Gasteiger partial charge >= 0.3 is 0 Å². The molecule has 0 spiro atoms. The number of amides is 1.